The normalized spacial score (nSPS) is 22.9. The van der Waals surface area contributed by atoms with Gasteiger partial charge in [0.25, 0.3) is 0 Å². The van der Waals surface area contributed by atoms with Gasteiger partial charge in [0.15, 0.2) is 0 Å². The number of aromatic nitrogens is 1. The van der Waals surface area contributed by atoms with Crippen molar-refractivity contribution in [3.05, 3.63) is 35.8 Å². The summed E-state index contributed by atoms with van der Waals surface area (Å²) in [7, 11) is 0. The number of pyridine rings is 1. The molecule has 2 atom stereocenters. The molecule has 0 amide bonds. The summed E-state index contributed by atoms with van der Waals surface area (Å²) in [4.78, 5) is 8.93. The van der Waals surface area contributed by atoms with E-state index < -0.39 is 0 Å². The van der Waals surface area contributed by atoms with Crippen molar-refractivity contribution in [3.63, 3.8) is 0 Å². The van der Waals surface area contributed by atoms with E-state index in [4.69, 9.17) is 4.99 Å². The highest BCUT2D eigenvalue weighted by Crippen LogP contribution is 2.49. The maximum atomic E-state index is 13.4. The number of nitrogens with zero attached hydrogens (tertiary/aromatic N) is 2. The van der Waals surface area contributed by atoms with Crippen LogP contribution >= 0.6 is 0 Å². The molecule has 1 aliphatic carbocycles. The molecule has 4 heteroatoms. The average molecular weight is 374 g/mol. The lowest BCUT2D eigenvalue weighted by atomic mass is 9.75. The van der Waals surface area contributed by atoms with Crippen LogP contribution in [0.15, 0.2) is 29.4 Å². The van der Waals surface area contributed by atoms with E-state index in [9.17, 15) is 4.39 Å². The average Bonchev–Trinajstić information content (AvgIpc) is 3.06. The fourth-order valence-corrected chi connectivity index (χ4v) is 4.34. The van der Waals surface area contributed by atoms with Crippen molar-refractivity contribution in [2.45, 2.75) is 72.6 Å². The number of hydrogen-bond acceptors (Lipinski definition) is 3. The zero-order valence-corrected chi connectivity index (χ0v) is 17.6. The summed E-state index contributed by atoms with van der Waals surface area (Å²) in [5.41, 5.74) is 3.40. The van der Waals surface area contributed by atoms with Crippen molar-refractivity contribution in [3.8, 4) is 0 Å². The quantitative estimate of drug-likeness (QED) is 0.383. The van der Waals surface area contributed by atoms with E-state index in [-0.39, 0.29) is 11.2 Å². The van der Waals surface area contributed by atoms with Crippen molar-refractivity contribution < 1.29 is 4.39 Å². The van der Waals surface area contributed by atoms with Crippen LogP contribution in [0.25, 0.3) is 0 Å². The van der Waals surface area contributed by atoms with Crippen LogP contribution in [0.2, 0.25) is 0 Å². The molecule has 27 heavy (non-hydrogen) atoms. The van der Waals surface area contributed by atoms with Crippen molar-refractivity contribution in [1.82, 2.24) is 4.98 Å². The molecule has 1 aromatic heterocycles. The minimum atomic E-state index is -0.251. The summed E-state index contributed by atoms with van der Waals surface area (Å²) in [5, 5.41) is 3.41. The molecule has 2 unspecified atom stereocenters. The zero-order chi connectivity index (χ0) is 19.9. The molecule has 1 N–H and O–H groups in total. The van der Waals surface area contributed by atoms with Gasteiger partial charge in [0, 0.05) is 12.3 Å². The summed E-state index contributed by atoms with van der Waals surface area (Å²) >= 11 is 0. The zero-order valence-electron chi connectivity index (χ0n) is 17.6. The molecule has 0 saturated heterocycles. The largest absolute Gasteiger partial charge is 0.370 e. The van der Waals surface area contributed by atoms with E-state index in [0.717, 1.165) is 38.2 Å². The molecule has 0 aromatic carbocycles. The van der Waals surface area contributed by atoms with Gasteiger partial charge in [0.05, 0.1) is 12.7 Å². The number of anilines is 1. The molecule has 1 heterocycles. The highest BCUT2D eigenvalue weighted by Gasteiger charge is 2.40. The third kappa shape index (κ3) is 5.88. The molecule has 2 rings (SSSR count). The SMILES string of the molecule is C=C(C/N=C(\C)CCC)C1(CCC)CCC(CNc2cc(C)c(F)cn2)C1. The van der Waals surface area contributed by atoms with Gasteiger partial charge < -0.3 is 5.32 Å². The lowest BCUT2D eigenvalue weighted by Crippen LogP contribution is -2.23. The Morgan fingerprint density at radius 2 is 2.19 bits per heavy atom. The molecule has 0 spiro atoms. The van der Waals surface area contributed by atoms with Crippen LogP contribution in [0, 0.1) is 24.1 Å². The fourth-order valence-electron chi connectivity index (χ4n) is 4.34. The minimum Gasteiger partial charge on any atom is -0.370 e. The van der Waals surface area contributed by atoms with E-state index in [0.29, 0.717) is 11.5 Å². The second-order valence-corrected chi connectivity index (χ2v) is 8.24. The molecule has 0 radical (unpaired) electrons. The second kappa shape index (κ2) is 10.0. The lowest BCUT2D eigenvalue weighted by Gasteiger charge is -2.31. The smallest absolute Gasteiger partial charge is 0.144 e. The predicted octanol–water partition coefficient (Wildman–Crippen LogP) is 6.34. The Morgan fingerprint density at radius 1 is 1.41 bits per heavy atom. The third-order valence-corrected chi connectivity index (χ3v) is 5.96. The number of aryl methyl sites for hydroxylation is 1. The second-order valence-electron chi connectivity index (χ2n) is 8.24. The minimum absolute atomic E-state index is 0.225. The summed E-state index contributed by atoms with van der Waals surface area (Å²) in [6.45, 7) is 14.5. The van der Waals surface area contributed by atoms with Crippen molar-refractivity contribution in [1.29, 1.82) is 0 Å². The Morgan fingerprint density at radius 3 is 2.85 bits per heavy atom. The van der Waals surface area contributed by atoms with Crippen LogP contribution in [-0.2, 0) is 0 Å². The molecule has 3 nitrogen and oxygen atoms in total. The van der Waals surface area contributed by atoms with E-state index in [2.05, 4.69) is 37.7 Å². The van der Waals surface area contributed by atoms with Crippen LogP contribution in [-0.4, -0.2) is 23.8 Å². The first-order chi connectivity index (χ1) is 12.9. The maximum absolute atomic E-state index is 13.4. The summed E-state index contributed by atoms with van der Waals surface area (Å²) < 4.78 is 13.4. The van der Waals surface area contributed by atoms with Gasteiger partial charge in [-0.25, -0.2) is 9.37 Å². The monoisotopic (exact) mass is 373 g/mol. The number of halogens is 1. The van der Waals surface area contributed by atoms with Crippen LogP contribution in [0.3, 0.4) is 0 Å². The number of aliphatic imine (C=N–C) groups is 1. The van der Waals surface area contributed by atoms with Crippen LogP contribution in [0.5, 0.6) is 0 Å². The first kappa shape index (κ1) is 21.6. The van der Waals surface area contributed by atoms with Crippen molar-refractivity contribution in [2.24, 2.45) is 16.3 Å². The molecule has 0 bridgehead atoms. The first-order valence-electron chi connectivity index (χ1n) is 10.4. The van der Waals surface area contributed by atoms with Crippen molar-refractivity contribution in [2.75, 3.05) is 18.4 Å². The standard InChI is InChI=1S/C23H36FN3/c1-6-8-19(5)25-14-18(4)23(10-7-2)11-9-20(13-23)15-26-22-12-17(3)21(24)16-27-22/h12,16,20H,4,6-11,13-15H2,1-3,5H3,(H,26,27)/b25-19+. The van der Waals surface area contributed by atoms with Gasteiger partial charge in [-0.2, -0.15) is 0 Å². The van der Waals surface area contributed by atoms with E-state index in [1.54, 1.807) is 13.0 Å². The number of hydrogen-bond donors (Lipinski definition) is 1. The molecule has 0 aliphatic heterocycles. The first-order valence-corrected chi connectivity index (χ1v) is 10.4. The van der Waals surface area contributed by atoms with Gasteiger partial charge in [-0.05, 0) is 74.5 Å². The number of rotatable bonds is 10. The Labute approximate surface area is 164 Å². The topological polar surface area (TPSA) is 37.3 Å². The molecule has 1 aliphatic rings. The van der Waals surface area contributed by atoms with Gasteiger partial charge in [0.2, 0.25) is 0 Å². The predicted molar refractivity (Wildman–Crippen MR) is 114 cm³/mol. The highest BCUT2D eigenvalue weighted by atomic mass is 19.1. The fraction of sp³-hybridized carbons (Fsp3) is 0.652. The summed E-state index contributed by atoms with van der Waals surface area (Å²) in [6, 6.07) is 1.79. The molecular formula is C23H36FN3. The third-order valence-electron chi connectivity index (χ3n) is 5.96. The van der Waals surface area contributed by atoms with Crippen LogP contribution in [0.4, 0.5) is 10.2 Å². The lowest BCUT2D eigenvalue weighted by molar-refractivity contribution is 0.317. The van der Waals surface area contributed by atoms with E-state index in [1.807, 2.05) is 0 Å². The molecule has 1 aromatic rings. The van der Waals surface area contributed by atoms with Crippen molar-refractivity contribution >= 4 is 11.5 Å². The van der Waals surface area contributed by atoms with E-state index >= 15 is 0 Å². The van der Waals surface area contributed by atoms with Crippen LogP contribution in [0.1, 0.15) is 71.3 Å². The van der Waals surface area contributed by atoms with Crippen LogP contribution < -0.4 is 5.32 Å². The summed E-state index contributed by atoms with van der Waals surface area (Å²) in [6.07, 6.45) is 9.45. The molecule has 1 saturated carbocycles. The Kier molecular flexibility index (Phi) is 8.00. The van der Waals surface area contributed by atoms with Gasteiger partial charge in [-0.1, -0.05) is 33.3 Å². The van der Waals surface area contributed by atoms with Gasteiger partial charge in [0.1, 0.15) is 11.6 Å². The Balaban J connectivity index is 1.96. The van der Waals surface area contributed by atoms with Gasteiger partial charge in [-0.3, -0.25) is 4.99 Å². The molecule has 150 valence electrons. The maximum Gasteiger partial charge on any atom is 0.144 e. The summed E-state index contributed by atoms with van der Waals surface area (Å²) in [5.74, 6) is 1.11. The van der Waals surface area contributed by atoms with E-state index in [1.165, 1.54) is 43.2 Å². The molecular weight excluding hydrogens is 337 g/mol. The highest BCUT2D eigenvalue weighted by molar-refractivity contribution is 5.81. The van der Waals surface area contributed by atoms with Gasteiger partial charge in [-0.15, -0.1) is 0 Å². The van der Waals surface area contributed by atoms with Gasteiger partial charge >= 0.3 is 0 Å². The Bertz CT molecular complexity index is 668. The molecule has 1 fully saturated rings. The number of nitrogens with one attached hydrogen (secondary N) is 1. The Hall–Kier alpha value is -1.71.